The minimum atomic E-state index is 0.453. The van der Waals surface area contributed by atoms with Crippen molar-refractivity contribution in [2.45, 2.75) is 34.3 Å². The van der Waals surface area contributed by atoms with Crippen molar-refractivity contribution in [1.29, 1.82) is 5.26 Å². The van der Waals surface area contributed by atoms with Crippen molar-refractivity contribution in [3.63, 3.8) is 0 Å². The van der Waals surface area contributed by atoms with Gasteiger partial charge in [-0.25, -0.2) is 4.98 Å². The highest BCUT2D eigenvalue weighted by Crippen LogP contribution is 2.30. The van der Waals surface area contributed by atoms with Gasteiger partial charge in [0.05, 0.1) is 16.6 Å². The molecule has 5 heteroatoms. The number of hydrogen-bond acceptors (Lipinski definition) is 4. The molecule has 0 aliphatic carbocycles. The molecule has 0 radical (unpaired) electrons. The lowest BCUT2D eigenvalue weighted by Crippen LogP contribution is -2.21. The average Bonchev–Trinajstić information content (AvgIpc) is 3.26. The fourth-order valence-electron chi connectivity index (χ4n) is 3.99. The standard InChI is InChI=1S/C29H30N4O/c1-5-33(6-2)25-13-12-23(28(17-25)34-19-22-10-8-7-9-11-22)16-24(18-30)29-31-26-14-20(3)21(4)15-27(26)32-29/h7-17H,5-6,19H2,1-4H3,(H,31,32)/b24-16+. The normalized spacial score (nSPS) is 11.4. The van der Waals surface area contributed by atoms with Crippen molar-refractivity contribution in [2.24, 2.45) is 0 Å². The van der Waals surface area contributed by atoms with E-state index in [-0.39, 0.29) is 0 Å². The van der Waals surface area contributed by atoms with E-state index in [0.29, 0.717) is 18.0 Å². The molecule has 0 fully saturated rings. The van der Waals surface area contributed by atoms with Crippen molar-refractivity contribution >= 4 is 28.4 Å². The third-order valence-electron chi connectivity index (χ3n) is 6.14. The molecule has 0 aliphatic heterocycles. The Morgan fingerprint density at radius 1 is 1.03 bits per heavy atom. The van der Waals surface area contributed by atoms with Crippen LogP contribution in [0.2, 0.25) is 0 Å². The summed E-state index contributed by atoms with van der Waals surface area (Å²) in [5.74, 6) is 1.30. The maximum Gasteiger partial charge on any atom is 0.149 e. The number of nitrogens with zero attached hydrogens (tertiary/aromatic N) is 3. The number of rotatable bonds is 8. The number of ether oxygens (including phenoxy) is 1. The Morgan fingerprint density at radius 3 is 2.47 bits per heavy atom. The summed E-state index contributed by atoms with van der Waals surface area (Å²) < 4.78 is 6.26. The molecule has 4 rings (SSSR count). The number of anilines is 1. The summed E-state index contributed by atoms with van der Waals surface area (Å²) in [7, 11) is 0. The zero-order chi connectivity index (χ0) is 24.1. The molecule has 1 aromatic heterocycles. The molecule has 0 amide bonds. The summed E-state index contributed by atoms with van der Waals surface area (Å²) in [6.45, 7) is 10.7. The monoisotopic (exact) mass is 450 g/mol. The maximum atomic E-state index is 9.97. The van der Waals surface area contributed by atoms with Gasteiger partial charge in [0.15, 0.2) is 0 Å². The first-order valence-electron chi connectivity index (χ1n) is 11.7. The molecule has 1 N–H and O–H groups in total. The van der Waals surface area contributed by atoms with E-state index in [1.54, 1.807) is 0 Å². The number of aromatic amines is 1. The summed E-state index contributed by atoms with van der Waals surface area (Å²) >= 11 is 0. The van der Waals surface area contributed by atoms with Gasteiger partial charge in [-0.05, 0) is 74.7 Å². The fourth-order valence-corrected chi connectivity index (χ4v) is 3.99. The molecule has 0 spiro atoms. The molecular weight excluding hydrogens is 420 g/mol. The van der Waals surface area contributed by atoms with Gasteiger partial charge in [0.1, 0.15) is 24.3 Å². The largest absolute Gasteiger partial charge is 0.488 e. The van der Waals surface area contributed by atoms with Crippen LogP contribution in [0.5, 0.6) is 5.75 Å². The second-order valence-corrected chi connectivity index (χ2v) is 8.38. The number of nitrogens with one attached hydrogen (secondary N) is 1. The SMILES string of the molecule is CCN(CC)c1ccc(/C=C(\C#N)c2nc3cc(C)c(C)cc3[nH]2)c(OCc2ccccc2)c1. The number of H-pyrrole nitrogens is 1. The third-order valence-corrected chi connectivity index (χ3v) is 6.14. The molecule has 172 valence electrons. The van der Waals surface area contributed by atoms with Crippen LogP contribution in [-0.2, 0) is 6.61 Å². The van der Waals surface area contributed by atoms with E-state index in [4.69, 9.17) is 4.74 Å². The van der Waals surface area contributed by atoms with Crippen LogP contribution in [0.25, 0.3) is 22.7 Å². The molecule has 0 saturated heterocycles. The van der Waals surface area contributed by atoms with Gasteiger partial charge in [-0.2, -0.15) is 5.26 Å². The number of fused-ring (bicyclic) bond motifs is 1. The van der Waals surface area contributed by atoms with Gasteiger partial charge in [0.25, 0.3) is 0 Å². The van der Waals surface area contributed by atoms with Crippen molar-refractivity contribution in [2.75, 3.05) is 18.0 Å². The molecule has 3 aromatic carbocycles. The molecule has 0 aliphatic rings. The highest BCUT2D eigenvalue weighted by Gasteiger charge is 2.13. The first-order chi connectivity index (χ1) is 16.5. The van der Waals surface area contributed by atoms with Gasteiger partial charge in [-0.1, -0.05) is 30.3 Å². The predicted octanol–water partition coefficient (Wildman–Crippen LogP) is 6.67. The van der Waals surface area contributed by atoms with Crippen LogP contribution in [0.1, 0.15) is 41.9 Å². The lowest BCUT2D eigenvalue weighted by molar-refractivity contribution is 0.305. The summed E-state index contributed by atoms with van der Waals surface area (Å²) in [6.07, 6.45) is 1.85. The highest BCUT2D eigenvalue weighted by atomic mass is 16.5. The molecule has 0 atom stereocenters. The molecule has 0 bridgehead atoms. The van der Waals surface area contributed by atoms with Crippen LogP contribution >= 0.6 is 0 Å². The van der Waals surface area contributed by atoms with Gasteiger partial charge in [-0.15, -0.1) is 0 Å². The van der Waals surface area contributed by atoms with E-state index in [1.807, 2.05) is 48.5 Å². The van der Waals surface area contributed by atoms with Crippen molar-refractivity contribution < 1.29 is 4.74 Å². The van der Waals surface area contributed by atoms with Crippen LogP contribution in [0.4, 0.5) is 5.69 Å². The number of nitriles is 1. The Hall–Kier alpha value is -4.04. The van der Waals surface area contributed by atoms with Crippen LogP contribution in [-0.4, -0.2) is 23.1 Å². The Balaban J connectivity index is 1.74. The minimum absolute atomic E-state index is 0.453. The Morgan fingerprint density at radius 2 is 1.76 bits per heavy atom. The minimum Gasteiger partial charge on any atom is -0.488 e. The first-order valence-corrected chi connectivity index (χ1v) is 11.7. The number of imidazole rings is 1. The summed E-state index contributed by atoms with van der Waals surface area (Å²) in [4.78, 5) is 10.3. The van der Waals surface area contributed by atoms with Crippen LogP contribution in [0.3, 0.4) is 0 Å². The van der Waals surface area contributed by atoms with Crippen molar-refractivity contribution in [1.82, 2.24) is 9.97 Å². The first kappa shape index (κ1) is 23.1. The molecule has 34 heavy (non-hydrogen) atoms. The zero-order valence-corrected chi connectivity index (χ0v) is 20.2. The van der Waals surface area contributed by atoms with Gasteiger partial charge >= 0.3 is 0 Å². The number of benzene rings is 3. The van der Waals surface area contributed by atoms with Gasteiger partial charge in [0, 0.05) is 30.4 Å². The Bertz CT molecular complexity index is 1320. The molecule has 5 nitrogen and oxygen atoms in total. The van der Waals surface area contributed by atoms with E-state index in [9.17, 15) is 5.26 Å². The van der Waals surface area contributed by atoms with Crippen molar-refractivity contribution in [3.8, 4) is 11.8 Å². The maximum absolute atomic E-state index is 9.97. The Kier molecular flexibility index (Phi) is 6.98. The molecule has 0 unspecified atom stereocenters. The third kappa shape index (κ3) is 4.97. The number of aryl methyl sites for hydroxylation is 2. The summed E-state index contributed by atoms with van der Waals surface area (Å²) in [5.41, 5.74) is 7.65. The van der Waals surface area contributed by atoms with E-state index < -0.39 is 0 Å². The number of allylic oxidation sites excluding steroid dienone is 1. The topological polar surface area (TPSA) is 64.9 Å². The quantitative estimate of drug-likeness (QED) is 0.305. The molecule has 1 heterocycles. The smallest absolute Gasteiger partial charge is 0.149 e. The molecule has 4 aromatic rings. The summed E-state index contributed by atoms with van der Waals surface area (Å²) in [6, 6.07) is 22.7. The van der Waals surface area contributed by atoms with E-state index in [1.165, 1.54) is 11.1 Å². The average molecular weight is 451 g/mol. The van der Waals surface area contributed by atoms with Gasteiger partial charge in [0.2, 0.25) is 0 Å². The number of aromatic nitrogens is 2. The zero-order valence-electron chi connectivity index (χ0n) is 20.2. The molecular formula is C29H30N4O. The van der Waals surface area contributed by atoms with E-state index >= 15 is 0 Å². The second kappa shape index (κ2) is 10.3. The second-order valence-electron chi connectivity index (χ2n) is 8.38. The van der Waals surface area contributed by atoms with Crippen LogP contribution < -0.4 is 9.64 Å². The van der Waals surface area contributed by atoms with Crippen LogP contribution in [0.15, 0.2) is 60.7 Å². The van der Waals surface area contributed by atoms with Crippen molar-refractivity contribution in [3.05, 3.63) is 88.7 Å². The van der Waals surface area contributed by atoms with Gasteiger partial charge in [-0.3, -0.25) is 0 Å². The lowest BCUT2D eigenvalue weighted by Gasteiger charge is -2.22. The highest BCUT2D eigenvalue weighted by molar-refractivity contribution is 5.91. The van der Waals surface area contributed by atoms with E-state index in [0.717, 1.165) is 46.7 Å². The van der Waals surface area contributed by atoms with Crippen LogP contribution in [0, 0.1) is 25.2 Å². The Labute approximate surface area is 201 Å². The summed E-state index contributed by atoms with van der Waals surface area (Å²) in [5, 5.41) is 9.97. The fraction of sp³-hybridized carbons (Fsp3) is 0.241. The van der Waals surface area contributed by atoms with E-state index in [2.05, 4.69) is 66.8 Å². The number of hydrogen-bond donors (Lipinski definition) is 1. The van der Waals surface area contributed by atoms with Gasteiger partial charge < -0.3 is 14.6 Å². The lowest BCUT2D eigenvalue weighted by atomic mass is 10.1. The molecule has 0 saturated carbocycles. The predicted molar refractivity (Wildman–Crippen MR) is 140 cm³/mol.